The van der Waals surface area contributed by atoms with Crippen LogP contribution >= 0.6 is 23.5 Å². The van der Waals surface area contributed by atoms with Crippen LogP contribution < -0.4 is 5.32 Å². The molecule has 162 valence electrons. The van der Waals surface area contributed by atoms with Crippen molar-refractivity contribution < 1.29 is 14.0 Å². The summed E-state index contributed by atoms with van der Waals surface area (Å²) in [5, 5.41) is 11.3. The Morgan fingerprint density at radius 2 is 1.83 bits per heavy atom. The summed E-state index contributed by atoms with van der Waals surface area (Å²) in [5.74, 6) is 1.53. The first kappa shape index (κ1) is 22.6. The number of hydrogen-bond donors (Lipinski definition) is 1. The maximum Gasteiger partial charge on any atom is 0.277 e. The zero-order chi connectivity index (χ0) is 21.5. The van der Waals surface area contributed by atoms with E-state index in [1.54, 1.807) is 11.8 Å². The molecule has 1 aliphatic rings. The number of aryl methyl sites for hydroxylation is 2. The highest BCUT2D eigenvalue weighted by molar-refractivity contribution is 7.99. The van der Waals surface area contributed by atoms with Gasteiger partial charge in [0.15, 0.2) is 0 Å². The molecule has 0 bridgehead atoms. The summed E-state index contributed by atoms with van der Waals surface area (Å²) >= 11 is 2.87. The second-order valence-electron chi connectivity index (χ2n) is 7.16. The van der Waals surface area contributed by atoms with Crippen LogP contribution in [0.15, 0.2) is 27.8 Å². The first-order valence-electron chi connectivity index (χ1n) is 9.76. The lowest BCUT2D eigenvalue weighted by Gasteiger charge is -2.34. The van der Waals surface area contributed by atoms with Crippen LogP contribution in [0.25, 0.3) is 0 Å². The van der Waals surface area contributed by atoms with Gasteiger partial charge in [0.25, 0.3) is 5.22 Å². The smallest absolute Gasteiger partial charge is 0.277 e. The highest BCUT2D eigenvalue weighted by Gasteiger charge is 2.23. The molecule has 0 unspecified atom stereocenters. The van der Waals surface area contributed by atoms with Gasteiger partial charge in [-0.15, -0.1) is 10.2 Å². The molecule has 0 atom stereocenters. The first-order valence-corrected chi connectivity index (χ1v) is 12.1. The lowest BCUT2D eigenvalue weighted by Crippen LogP contribution is -2.50. The average Bonchev–Trinajstić information content (AvgIpc) is 3.17. The molecule has 1 N–H and O–H groups in total. The summed E-state index contributed by atoms with van der Waals surface area (Å²) in [6.07, 6.45) is 1.97. The van der Waals surface area contributed by atoms with Crippen LogP contribution in [0, 0.1) is 13.8 Å². The van der Waals surface area contributed by atoms with Crippen LogP contribution in [-0.4, -0.2) is 76.5 Å². The Balaban J connectivity index is 1.40. The maximum atomic E-state index is 12.5. The minimum absolute atomic E-state index is 0.0276. The molecule has 2 amide bonds. The Labute approximate surface area is 185 Å². The van der Waals surface area contributed by atoms with E-state index in [-0.39, 0.29) is 17.6 Å². The molecule has 1 saturated heterocycles. The van der Waals surface area contributed by atoms with Crippen LogP contribution in [0.2, 0.25) is 0 Å². The van der Waals surface area contributed by atoms with Crippen molar-refractivity contribution in [2.24, 2.45) is 0 Å². The molecule has 8 nitrogen and oxygen atoms in total. The Hall–Kier alpha value is -2.04. The van der Waals surface area contributed by atoms with Gasteiger partial charge in [0.1, 0.15) is 0 Å². The number of thioether (sulfide) groups is 2. The van der Waals surface area contributed by atoms with E-state index in [4.69, 9.17) is 4.42 Å². The maximum absolute atomic E-state index is 12.5. The topological polar surface area (TPSA) is 91.6 Å². The monoisotopic (exact) mass is 449 g/mol. The number of amides is 2. The molecule has 1 aromatic heterocycles. The molecular weight excluding hydrogens is 422 g/mol. The molecule has 0 aliphatic carbocycles. The number of carbonyl (C=O) groups excluding carboxylic acids is 2. The van der Waals surface area contributed by atoms with E-state index in [9.17, 15) is 9.59 Å². The lowest BCUT2D eigenvalue weighted by atomic mass is 10.1. The van der Waals surface area contributed by atoms with Crippen molar-refractivity contribution in [2.45, 2.75) is 24.8 Å². The average molecular weight is 450 g/mol. The van der Waals surface area contributed by atoms with Gasteiger partial charge in [0.05, 0.1) is 18.1 Å². The van der Waals surface area contributed by atoms with Crippen molar-refractivity contribution in [2.75, 3.05) is 50.0 Å². The quantitative estimate of drug-likeness (QED) is 0.615. The van der Waals surface area contributed by atoms with Crippen LogP contribution in [0.1, 0.15) is 17.0 Å². The second-order valence-corrected chi connectivity index (χ2v) is 8.95. The number of nitrogens with zero attached hydrogens (tertiary/aromatic N) is 4. The Morgan fingerprint density at radius 1 is 1.13 bits per heavy atom. The largest absolute Gasteiger partial charge is 0.415 e. The summed E-state index contributed by atoms with van der Waals surface area (Å²) < 4.78 is 5.48. The molecular formula is C20H27N5O3S2. The predicted molar refractivity (Wildman–Crippen MR) is 120 cm³/mol. The SMILES string of the molecule is CSCc1nnc(SCC(=O)N2CCN(CC(=O)Nc3c(C)cccc3C)CC2)o1. The third kappa shape index (κ3) is 6.23. The van der Waals surface area contributed by atoms with Crippen LogP contribution in [0.4, 0.5) is 5.69 Å². The van der Waals surface area contributed by atoms with Gasteiger partial charge in [-0.1, -0.05) is 30.0 Å². The standard InChI is InChI=1S/C20H27N5O3S2/c1-14-5-4-6-15(2)19(14)21-16(26)11-24-7-9-25(10-8-24)18(27)13-30-20-23-22-17(28-20)12-29-3/h4-6H,7-13H2,1-3H3,(H,21,26). The minimum atomic E-state index is -0.0276. The lowest BCUT2D eigenvalue weighted by molar-refractivity contribution is -0.130. The third-order valence-corrected chi connectivity index (χ3v) is 6.21. The predicted octanol–water partition coefficient (Wildman–Crippen LogP) is 2.42. The van der Waals surface area contributed by atoms with Gasteiger partial charge < -0.3 is 14.6 Å². The van der Waals surface area contributed by atoms with Crippen LogP contribution in [-0.2, 0) is 15.3 Å². The number of benzene rings is 1. The van der Waals surface area contributed by atoms with Crippen molar-refractivity contribution in [3.8, 4) is 0 Å². The van der Waals surface area contributed by atoms with Gasteiger partial charge in [-0.05, 0) is 31.2 Å². The number of nitrogens with one attached hydrogen (secondary N) is 1. The second kappa shape index (κ2) is 10.8. The van der Waals surface area contributed by atoms with Gasteiger partial charge in [-0.3, -0.25) is 14.5 Å². The zero-order valence-corrected chi connectivity index (χ0v) is 19.1. The Kier molecular flexibility index (Phi) is 8.17. The molecule has 0 saturated carbocycles. The summed E-state index contributed by atoms with van der Waals surface area (Å²) in [4.78, 5) is 28.8. The fraction of sp³-hybridized carbons (Fsp3) is 0.500. The highest BCUT2D eigenvalue weighted by Crippen LogP contribution is 2.20. The van der Waals surface area contributed by atoms with E-state index in [1.165, 1.54) is 11.8 Å². The molecule has 2 heterocycles. The highest BCUT2D eigenvalue weighted by atomic mass is 32.2. The molecule has 1 aliphatic heterocycles. The van der Waals surface area contributed by atoms with Gasteiger partial charge in [-0.25, -0.2) is 0 Å². The fourth-order valence-electron chi connectivity index (χ4n) is 3.24. The summed E-state index contributed by atoms with van der Waals surface area (Å²) in [6.45, 7) is 6.87. The van der Waals surface area contributed by atoms with E-state index < -0.39 is 0 Å². The van der Waals surface area contributed by atoms with Gasteiger partial charge in [-0.2, -0.15) is 11.8 Å². The minimum Gasteiger partial charge on any atom is -0.415 e. The van der Waals surface area contributed by atoms with Gasteiger partial charge in [0.2, 0.25) is 17.7 Å². The Bertz CT molecular complexity index is 861. The Morgan fingerprint density at radius 3 is 2.50 bits per heavy atom. The van der Waals surface area contributed by atoms with Crippen molar-refractivity contribution >= 4 is 41.0 Å². The molecule has 2 aromatic rings. The number of rotatable bonds is 8. The third-order valence-electron chi connectivity index (χ3n) is 4.87. The van der Waals surface area contributed by atoms with Crippen LogP contribution in [0.3, 0.4) is 0 Å². The van der Waals surface area contributed by atoms with E-state index in [2.05, 4.69) is 20.4 Å². The molecule has 1 fully saturated rings. The number of carbonyl (C=O) groups is 2. The van der Waals surface area contributed by atoms with Crippen molar-refractivity contribution in [3.63, 3.8) is 0 Å². The molecule has 3 rings (SSSR count). The summed E-state index contributed by atoms with van der Waals surface area (Å²) in [7, 11) is 0. The molecule has 0 spiro atoms. The first-order chi connectivity index (χ1) is 14.5. The van der Waals surface area contributed by atoms with E-state index >= 15 is 0 Å². The van der Waals surface area contributed by atoms with Crippen molar-refractivity contribution in [1.82, 2.24) is 20.0 Å². The van der Waals surface area contributed by atoms with E-state index in [0.717, 1.165) is 16.8 Å². The van der Waals surface area contributed by atoms with Crippen molar-refractivity contribution in [3.05, 3.63) is 35.2 Å². The molecule has 0 radical (unpaired) electrons. The van der Waals surface area contributed by atoms with Crippen molar-refractivity contribution in [1.29, 1.82) is 0 Å². The number of piperazine rings is 1. The molecule has 30 heavy (non-hydrogen) atoms. The zero-order valence-electron chi connectivity index (χ0n) is 17.5. The van der Waals surface area contributed by atoms with E-state index in [1.807, 2.05) is 43.2 Å². The number of para-hydroxylation sites is 1. The summed E-state index contributed by atoms with van der Waals surface area (Å²) in [5.41, 5.74) is 2.99. The van der Waals surface area contributed by atoms with E-state index in [0.29, 0.717) is 49.6 Å². The number of aromatic nitrogens is 2. The molecule has 1 aromatic carbocycles. The van der Waals surface area contributed by atoms with Crippen LogP contribution in [0.5, 0.6) is 0 Å². The fourth-order valence-corrected chi connectivity index (χ4v) is 4.29. The summed E-state index contributed by atoms with van der Waals surface area (Å²) in [6, 6.07) is 5.96. The van der Waals surface area contributed by atoms with Gasteiger partial charge in [0, 0.05) is 31.9 Å². The number of anilines is 1. The van der Waals surface area contributed by atoms with Gasteiger partial charge >= 0.3 is 0 Å². The molecule has 10 heteroatoms. The number of hydrogen-bond acceptors (Lipinski definition) is 8. The normalized spacial score (nSPS) is 14.7.